The number of carbonyl (C=O) groups excluding carboxylic acids is 1. The summed E-state index contributed by atoms with van der Waals surface area (Å²) in [5, 5.41) is 5.05. The fraction of sp³-hybridized carbons (Fsp3) is 0.333. The molecule has 0 atom stereocenters. The predicted molar refractivity (Wildman–Crippen MR) is 108 cm³/mol. The highest BCUT2D eigenvalue weighted by atomic mass is 35.5. The molecule has 0 aliphatic rings. The predicted octanol–water partition coefficient (Wildman–Crippen LogP) is 4.64. The third kappa shape index (κ3) is 5.09. The second kappa shape index (κ2) is 8.86. The minimum atomic E-state index is -0.0581. The Morgan fingerprint density at radius 2 is 1.96 bits per heavy atom. The second-order valence-electron chi connectivity index (χ2n) is 6.58. The lowest BCUT2D eigenvalue weighted by molar-refractivity contribution is -0.125. The molecule has 0 radical (unpaired) electrons. The Balaban J connectivity index is 2.17. The highest BCUT2D eigenvalue weighted by molar-refractivity contribution is 6.31. The van der Waals surface area contributed by atoms with Crippen LogP contribution >= 0.6 is 11.6 Å². The van der Waals surface area contributed by atoms with Crippen LogP contribution in [0.15, 0.2) is 42.5 Å². The van der Waals surface area contributed by atoms with E-state index in [4.69, 9.17) is 11.6 Å². The minimum Gasteiger partial charge on any atom is -0.335 e. The molecule has 1 amide bonds. The van der Waals surface area contributed by atoms with Crippen molar-refractivity contribution in [2.24, 2.45) is 0 Å². The van der Waals surface area contributed by atoms with Gasteiger partial charge in [-0.15, -0.1) is 0 Å². The van der Waals surface area contributed by atoms with E-state index < -0.39 is 0 Å². The molecule has 0 spiro atoms. The fourth-order valence-electron chi connectivity index (χ4n) is 2.66. The number of likely N-dealkylation sites (N-methyl/N-ethyl adjacent to an activating group) is 1. The minimum absolute atomic E-state index is 0.0581. The number of nitrogens with zero attached hydrogens (tertiary/aromatic N) is 3. The molecule has 5 heteroatoms. The molecular weight excluding hydrogens is 346 g/mol. The van der Waals surface area contributed by atoms with Crippen molar-refractivity contribution in [2.75, 3.05) is 13.1 Å². The number of aromatic nitrogens is 2. The molecule has 0 fully saturated rings. The molecule has 26 heavy (non-hydrogen) atoms. The molecule has 1 heterocycles. The first-order valence-corrected chi connectivity index (χ1v) is 9.09. The van der Waals surface area contributed by atoms with Crippen molar-refractivity contribution in [3.05, 3.63) is 70.0 Å². The third-order valence-electron chi connectivity index (χ3n) is 4.11. The van der Waals surface area contributed by atoms with Gasteiger partial charge < -0.3 is 4.90 Å². The monoisotopic (exact) mass is 371 g/mol. The zero-order chi connectivity index (χ0) is 19.3. The molecule has 0 bridgehead atoms. The molecule has 0 saturated carbocycles. The lowest BCUT2D eigenvalue weighted by Crippen LogP contribution is -2.30. The van der Waals surface area contributed by atoms with Crippen LogP contribution in [-0.2, 0) is 11.3 Å². The van der Waals surface area contributed by atoms with Gasteiger partial charge in [0, 0.05) is 24.7 Å². The number of rotatable bonds is 7. The van der Waals surface area contributed by atoms with Gasteiger partial charge in [0.1, 0.15) is 5.15 Å². The molecule has 1 aromatic carbocycles. The van der Waals surface area contributed by atoms with Gasteiger partial charge in [-0.3, -0.25) is 4.79 Å². The van der Waals surface area contributed by atoms with Gasteiger partial charge in [0.05, 0.1) is 12.2 Å². The van der Waals surface area contributed by atoms with Crippen LogP contribution in [0.2, 0.25) is 5.15 Å². The van der Waals surface area contributed by atoms with Crippen molar-refractivity contribution in [1.29, 1.82) is 0 Å². The second-order valence-corrected chi connectivity index (χ2v) is 6.93. The molecule has 0 N–H and O–H groups in total. The molecule has 0 aliphatic carbocycles. The first-order valence-electron chi connectivity index (χ1n) is 8.71. The summed E-state index contributed by atoms with van der Waals surface area (Å²) in [6.45, 7) is 13.5. The van der Waals surface area contributed by atoms with E-state index in [1.807, 2.05) is 20.8 Å². The van der Waals surface area contributed by atoms with Gasteiger partial charge in [-0.1, -0.05) is 53.6 Å². The van der Waals surface area contributed by atoms with Crippen molar-refractivity contribution in [1.82, 2.24) is 14.7 Å². The summed E-state index contributed by atoms with van der Waals surface area (Å²) in [5.41, 5.74) is 4.88. The molecule has 0 unspecified atom stereocenters. The lowest BCUT2D eigenvalue weighted by atomic mass is 10.1. The van der Waals surface area contributed by atoms with E-state index in [9.17, 15) is 4.79 Å². The van der Waals surface area contributed by atoms with Crippen LogP contribution in [0.25, 0.3) is 6.08 Å². The summed E-state index contributed by atoms with van der Waals surface area (Å²) >= 11 is 6.50. The quantitative estimate of drug-likeness (QED) is 0.525. The summed E-state index contributed by atoms with van der Waals surface area (Å²) in [6.07, 6.45) is 3.30. The average Bonchev–Trinajstić information content (AvgIpc) is 2.86. The van der Waals surface area contributed by atoms with Crippen LogP contribution in [0, 0.1) is 13.8 Å². The van der Waals surface area contributed by atoms with Crippen LogP contribution in [-0.4, -0.2) is 33.7 Å². The molecule has 2 aromatic rings. The van der Waals surface area contributed by atoms with E-state index in [0.717, 1.165) is 22.4 Å². The van der Waals surface area contributed by atoms with Crippen molar-refractivity contribution in [3.8, 4) is 0 Å². The van der Waals surface area contributed by atoms with E-state index in [0.29, 0.717) is 24.8 Å². The van der Waals surface area contributed by atoms with Crippen molar-refractivity contribution >= 4 is 23.6 Å². The summed E-state index contributed by atoms with van der Waals surface area (Å²) < 4.78 is 1.76. The summed E-state index contributed by atoms with van der Waals surface area (Å²) in [4.78, 5) is 14.1. The van der Waals surface area contributed by atoms with E-state index in [1.165, 1.54) is 5.56 Å². The molecule has 2 rings (SSSR count). The number of hydrogen-bond acceptors (Lipinski definition) is 2. The SMILES string of the molecule is C=C(C)CN(CC)C(=O)/C=C/c1c(C)nn(Cc2ccc(C)cc2)c1Cl. The first kappa shape index (κ1) is 20.0. The molecule has 0 aliphatic heterocycles. The number of hydrogen-bond donors (Lipinski definition) is 0. The van der Waals surface area contributed by atoms with E-state index in [2.05, 4.69) is 42.9 Å². The van der Waals surface area contributed by atoms with Crippen LogP contribution in [0.3, 0.4) is 0 Å². The Morgan fingerprint density at radius 1 is 1.31 bits per heavy atom. The normalized spacial score (nSPS) is 11.1. The van der Waals surface area contributed by atoms with Gasteiger partial charge in [-0.25, -0.2) is 4.68 Å². The first-order chi connectivity index (χ1) is 12.3. The van der Waals surface area contributed by atoms with Crippen molar-refractivity contribution in [3.63, 3.8) is 0 Å². The van der Waals surface area contributed by atoms with Crippen LogP contribution < -0.4 is 0 Å². The molecule has 0 saturated heterocycles. The molecular formula is C21H26ClN3O. The molecule has 4 nitrogen and oxygen atoms in total. The topological polar surface area (TPSA) is 38.1 Å². The number of carbonyl (C=O) groups is 1. The zero-order valence-corrected chi connectivity index (χ0v) is 16.7. The maximum Gasteiger partial charge on any atom is 0.246 e. The van der Waals surface area contributed by atoms with E-state index >= 15 is 0 Å². The molecule has 1 aromatic heterocycles. The van der Waals surface area contributed by atoms with Gasteiger partial charge in [-0.05, 0) is 39.3 Å². The average molecular weight is 372 g/mol. The highest BCUT2D eigenvalue weighted by Gasteiger charge is 2.13. The Morgan fingerprint density at radius 3 is 2.54 bits per heavy atom. The van der Waals surface area contributed by atoms with Crippen molar-refractivity contribution < 1.29 is 4.79 Å². The Kier molecular flexibility index (Phi) is 6.81. The van der Waals surface area contributed by atoms with Crippen molar-refractivity contribution in [2.45, 2.75) is 34.2 Å². The van der Waals surface area contributed by atoms with Crippen LogP contribution in [0.1, 0.15) is 36.2 Å². The summed E-state index contributed by atoms with van der Waals surface area (Å²) in [7, 11) is 0. The highest BCUT2D eigenvalue weighted by Crippen LogP contribution is 2.22. The number of amides is 1. The summed E-state index contributed by atoms with van der Waals surface area (Å²) in [5.74, 6) is -0.0581. The van der Waals surface area contributed by atoms with Gasteiger partial charge in [-0.2, -0.15) is 5.10 Å². The number of benzene rings is 1. The van der Waals surface area contributed by atoms with Gasteiger partial charge >= 0.3 is 0 Å². The lowest BCUT2D eigenvalue weighted by Gasteiger charge is -2.18. The van der Waals surface area contributed by atoms with Gasteiger partial charge in [0.25, 0.3) is 0 Å². The third-order valence-corrected chi connectivity index (χ3v) is 4.51. The zero-order valence-electron chi connectivity index (χ0n) is 15.9. The van der Waals surface area contributed by atoms with E-state index in [1.54, 1.807) is 21.7 Å². The Bertz CT molecular complexity index is 819. The largest absolute Gasteiger partial charge is 0.335 e. The Hall–Kier alpha value is -2.33. The number of halogens is 1. The maximum absolute atomic E-state index is 12.4. The Labute approximate surface area is 160 Å². The van der Waals surface area contributed by atoms with Gasteiger partial charge in [0.15, 0.2) is 0 Å². The molecule has 138 valence electrons. The summed E-state index contributed by atoms with van der Waals surface area (Å²) in [6, 6.07) is 8.27. The maximum atomic E-state index is 12.4. The van der Waals surface area contributed by atoms with Crippen LogP contribution in [0.4, 0.5) is 0 Å². The van der Waals surface area contributed by atoms with E-state index in [-0.39, 0.29) is 5.91 Å². The van der Waals surface area contributed by atoms with Crippen LogP contribution in [0.5, 0.6) is 0 Å². The fourth-order valence-corrected chi connectivity index (χ4v) is 2.96. The van der Waals surface area contributed by atoms with Gasteiger partial charge in [0.2, 0.25) is 5.91 Å². The smallest absolute Gasteiger partial charge is 0.246 e. The number of aryl methyl sites for hydroxylation is 2. The standard InChI is InChI=1S/C21H26ClN3O/c1-6-24(13-15(2)3)20(26)12-11-19-17(5)23-25(21(19)22)14-18-9-7-16(4)8-10-18/h7-12H,2,6,13-14H2,1,3-5H3/b12-11+.